The number of nitrogens with one attached hydrogen (secondary N) is 1. The molecule has 0 radical (unpaired) electrons. The number of anilines is 1. The average molecular weight is 356 g/mol. The molecule has 1 N–H and O–H groups in total. The first-order valence-corrected chi connectivity index (χ1v) is 8.88. The molecule has 0 bridgehead atoms. The monoisotopic (exact) mass is 356 g/mol. The lowest BCUT2D eigenvalue weighted by molar-refractivity contribution is 0.187. The van der Waals surface area contributed by atoms with Crippen LogP contribution >= 0.6 is 11.3 Å². The lowest BCUT2D eigenvalue weighted by atomic mass is 9.97. The Kier molecular flexibility index (Phi) is 4.38. The summed E-state index contributed by atoms with van der Waals surface area (Å²) in [5.41, 5.74) is 2.52. The van der Waals surface area contributed by atoms with Crippen LogP contribution < -0.4 is 5.32 Å². The minimum Gasteiger partial charge on any atom is -0.339 e. The van der Waals surface area contributed by atoms with Crippen LogP contribution in [0.1, 0.15) is 24.7 Å². The number of nitrogens with zero attached hydrogens (tertiary/aromatic N) is 5. The molecule has 3 heterocycles. The summed E-state index contributed by atoms with van der Waals surface area (Å²) >= 11 is 1.30. The van der Waals surface area contributed by atoms with Crippen LogP contribution in [0.3, 0.4) is 0 Å². The first kappa shape index (κ1) is 15.7. The highest BCUT2D eigenvalue weighted by Gasteiger charge is 2.28. The van der Waals surface area contributed by atoms with Gasteiger partial charge in [0, 0.05) is 24.6 Å². The van der Waals surface area contributed by atoms with Crippen molar-refractivity contribution in [3.05, 3.63) is 41.7 Å². The predicted molar refractivity (Wildman–Crippen MR) is 92.2 cm³/mol. The van der Waals surface area contributed by atoms with Gasteiger partial charge in [0.15, 0.2) is 0 Å². The molecule has 4 rings (SSSR count). The van der Waals surface area contributed by atoms with Crippen molar-refractivity contribution in [2.24, 2.45) is 0 Å². The maximum Gasteiger partial charge on any atom is 0.323 e. The van der Waals surface area contributed by atoms with E-state index < -0.39 is 0 Å². The summed E-state index contributed by atoms with van der Waals surface area (Å²) in [7, 11) is 0. The normalized spacial score (nSPS) is 15.3. The van der Waals surface area contributed by atoms with Gasteiger partial charge in [-0.2, -0.15) is 4.98 Å². The number of hydrogen-bond donors (Lipinski definition) is 1. The Labute approximate surface area is 147 Å². The number of benzene rings is 1. The smallest absolute Gasteiger partial charge is 0.323 e. The molecule has 2 amide bonds. The average Bonchev–Trinajstić information content (AvgIpc) is 3.34. The highest BCUT2D eigenvalue weighted by atomic mass is 32.1. The summed E-state index contributed by atoms with van der Waals surface area (Å²) in [6, 6.07) is 9.60. The standard InChI is InChI=1S/C16H16N6O2S/c23-16(19-15-20-17-10-25-15)22-8-6-12(7-9-22)14-18-13(21-24-14)11-4-2-1-3-5-11/h1-5,10,12H,6-9H2,(H,19,20,23). The van der Waals surface area contributed by atoms with E-state index >= 15 is 0 Å². The highest BCUT2D eigenvalue weighted by Crippen LogP contribution is 2.28. The lowest BCUT2D eigenvalue weighted by Crippen LogP contribution is -2.40. The quantitative estimate of drug-likeness (QED) is 0.775. The van der Waals surface area contributed by atoms with Crippen LogP contribution in [0.15, 0.2) is 40.4 Å². The van der Waals surface area contributed by atoms with E-state index in [1.54, 1.807) is 10.4 Å². The number of carbonyl (C=O) groups is 1. The SMILES string of the molecule is O=C(Nc1nncs1)N1CCC(c2nc(-c3ccccc3)no2)CC1. The van der Waals surface area contributed by atoms with Gasteiger partial charge < -0.3 is 9.42 Å². The molecule has 1 aromatic carbocycles. The second-order valence-electron chi connectivity index (χ2n) is 5.76. The number of amides is 2. The highest BCUT2D eigenvalue weighted by molar-refractivity contribution is 7.13. The van der Waals surface area contributed by atoms with Crippen LogP contribution in [-0.2, 0) is 0 Å². The summed E-state index contributed by atoms with van der Waals surface area (Å²) in [4.78, 5) is 18.5. The van der Waals surface area contributed by atoms with Crippen molar-refractivity contribution in [1.29, 1.82) is 0 Å². The second kappa shape index (κ2) is 6.98. The number of piperidine rings is 1. The number of urea groups is 1. The molecule has 0 saturated carbocycles. The molecule has 9 heteroatoms. The Morgan fingerprint density at radius 3 is 2.76 bits per heavy atom. The van der Waals surface area contributed by atoms with Crippen molar-refractivity contribution in [2.45, 2.75) is 18.8 Å². The Hall–Kier alpha value is -2.81. The molecule has 25 heavy (non-hydrogen) atoms. The summed E-state index contributed by atoms with van der Waals surface area (Å²) in [5, 5.41) is 14.9. The van der Waals surface area contributed by atoms with Crippen LogP contribution in [0.5, 0.6) is 0 Å². The third kappa shape index (κ3) is 3.50. The van der Waals surface area contributed by atoms with Crippen molar-refractivity contribution < 1.29 is 9.32 Å². The molecule has 1 fully saturated rings. The Morgan fingerprint density at radius 2 is 2.04 bits per heavy atom. The lowest BCUT2D eigenvalue weighted by Gasteiger charge is -2.29. The molecule has 0 aliphatic carbocycles. The Morgan fingerprint density at radius 1 is 1.24 bits per heavy atom. The van der Waals surface area contributed by atoms with Gasteiger partial charge in [-0.15, -0.1) is 10.2 Å². The fourth-order valence-corrected chi connectivity index (χ4v) is 3.27. The van der Waals surface area contributed by atoms with Gasteiger partial charge in [0.2, 0.25) is 16.8 Å². The van der Waals surface area contributed by atoms with Crippen LogP contribution in [0.25, 0.3) is 11.4 Å². The van der Waals surface area contributed by atoms with E-state index in [0.717, 1.165) is 18.4 Å². The minimum absolute atomic E-state index is 0.147. The number of aromatic nitrogens is 4. The molecule has 1 saturated heterocycles. The van der Waals surface area contributed by atoms with E-state index in [1.165, 1.54) is 11.3 Å². The van der Waals surface area contributed by atoms with E-state index in [2.05, 4.69) is 25.7 Å². The Bertz CT molecular complexity index is 827. The molecule has 2 aromatic heterocycles. The maximum atomic E-state index is 12.2. The van der Waals surface area contributed by atoms with E-state index in [-0.39, 0.29) is 11.9 Å². The van der Waals surface area contributed by atoms with Gasteiger partial charge >= 0.3 is 6.03 Å². The summed E-state index contributed by atoms with van der Waals surface area (Å²) in [6.45, 7) is 1.27. The molecular formula is C16H16N6O2S. The summed E-state index contributed by atoms with van der Waals surface area (Å²) in [5.74, 6) is 1.42. The van der Waals surface area contributed by atoms with Crippen LogP contribution in [0.4, 0.5) is 9.93 Å². The first-order valence-electron chi connectivity index (χ1n) is 8.01. The third-order valence-corrected chi connectivity index (χ3v) is 4.79. The topological polar surface area (TPSA) is 97.0 Å². The van der Waals surface area contributed by atoms with Crippen molar-refractivity contribution in [1.82, 2.24) is 25.2 Å². The van der Waals surface area contributed by atoms with Crippen molar-refractivity contribution in [3.8, 4) is 11.4 Å². The van der Waals surface area contributed by atoms with Crippen molar-refractivity contribution in [3.63, 3.8) is 0 Å². The van der Waals surface area contributed by atoms with Gasteiger partial charge in [-0.25, -0.2) is 4.79 Å². The van der Waals surface area contributed by atoms with Crippen LogP contribution in [-0.4, -0.2) is 44.4 Å². The maximum absolute atomic E-state index is 12.2. The largest absolute Gasteiger partial charge is 0.339 e. The zero-order valence-electron chi connectivity index (χ0n) is 13.3. The van der Waals surface area contributed by atoms with E-state index in [0.29, 0.717) is 29.9 Å². The van der Waals surface area contributed by atoms with Gasteiger partial charge in [-0.1, -0.05) is 46.8 Å². The van der Waals surface area contributed by atoms with Crippen molar-refractivity contribution in [2.75, 3.05) is 18.4 Å². The third-order valence-electron chi connectivity index (χ3n) is 4.18. The zero-order valence-corrected chi connectivity index (χ0v) is 14.1. The van der Waals surface area contributed by atoms with Crippen molar-refractivity contribution >= 4 is 22.5 Å². The molecule has 0 spiro atoms. The van der Waals surface area contributed by atoms with Gasteiger partial charge in [-0.05, 0) is 12.8 Å². The zero-order chi connectivity index (χ0) is 17.1. The molecule has 0 atom stereocenters. The van der Waals surface area contributed by atoms with E-state index in [9.17, 15) is 4.79 Å². The molecular weight excluding hydrogens is 340 g/mol. The van der Waals surface area contributed by atoms with Gasteiger partial charge in [0.05, 0.1) is 0 Å². The fraction of sp³-hybridized carbons (Fsp3) is 0.312. The first-order chi connectivity index (χ1) is 12.3. The number of rotatable bonds is 3. The number of carbonyl (C=O) groups excluding carboxylic acids is 1. The van der Waals surface area contributed by atoms with E-state index in [4.69, 9.17) is 4.52 Å². The Balaban J connectivity index is 1.36. The minimum atomic E-state index is -0.147. The van der Waals surface area contributed by atoms with Gasteiger partial charge in [-0.3, -0.25) is 5.32 Å². The fourth-order valence-electron chi connectivity index (χ4n) is 2.83. The molecule has 1 aliphatic rings. The number of likely N-dealkylation sites (tertiary alicyclic amines) is 1. The van der Waals surface area contributed by atoms with Gasteiger partial charge in [0.1, 0.15) is 5.51 Å². The molecule has 0 unspecified atom stereocenters. The van der Waals surface area contributed by atoms with Gasteiger partial charge in [0.25, 0.3) is 0 Å². The number of hydrogen-bond acceptors (Lipinski definition) is 7. The van der Waals surface area contributed by atoms with Crippen LogP contribution in [0, 0.1) is 0 Å². The molecule has 8 nitrogen and oxygen atoms in total. The predicted octanol–water partition coefficient (Wildman–Crippen LogP) is 3.00. The molecule has 1 aliphatic heterocycles. The second-order valence-corrected chi connectivity index (χ2v) is 6.59. The van der Waals surface area contributed by atoms with E-state index in [1.807, 2.05) is 30.3 Å². The van der Waals surface area contributed by atoms with Crippen LogP contribution in [0.2, 0.25) is 0 Å². The molecule has 128 valence electrons. The summed E-state index contributed by atoms with van der Waals surface area (Å²) in [6.07, 6.45) is 1.58. The summed E-state index contributed by atoms with van der Waals surface area (Å²) < 4.78 is 5.44. The molecule has 3 aromatic rings.